The molecule has 0 spiro atoms. The Labute approximate surface area is 129 Å². The van der Waals surface area contributed by atoms with Crippen LogP contribution in [-0.2, 0) is 13.0 Å². The Morgan fingerprint density at radius 1 is 1.43 bits per heavy atom. The maximum absolute atomic E-state index is 11.7. The van der Waals surface area contributed by atoms with E-state index in [1.54, 1.807) is 6.07 Å². The van der Waals surface area contributed by atoms with E-state index in [0.29, 0.717) is 18.2 Å². The van der Waals surface area contributed by atoms with Gasteiger partial charge in [0.1, 0.15) is 5.75 Å². The van der Waals surface area contributed by atoms with Crippen molar-refractivity contribution in [2.75, 3.05) is 13.2 Å². The first-order valence-electron chi connectivity index (χ1n) is 7.11. The largest absolute Gasteiger partial charge is 0.493 e. The maximum Gasteiger partial charge on any atom is 0.315 e. The lowest BCUT2D eigenvalue weighted by Crippen LogP contribution is -2.40. The lowest BCUT2D eigenvalue weighted by Gasteiger charge is -2.16. The molecular weight excluding hydrogens is 292 g/mol. The molecule has 0 saturated carbocycles. The summed E-state index contributed by atoms with van der Waals surface area (Å²) in [7, 11) is 0. The zero-order valence-corrected chi connectivity index (χ0v) is 13.0. The minimum Gasteiger partial charge on any atom is -0.493 e. The van der Waals surface area contributed by atoms with Crippen molar-refractivity contribution in [1.82, 2.24) is 10.6 Å². The third-order valence-electron chi connectivity index (χ3n) is 3.51. The van der Waals surface area contributed by atoms with Crippen molar-refractivity contribution < 1.29 is 14.6 Å². The van der Waals surface area contributed by atoms with Crippen LogP contribution in [-0.4, -0.2) is 30.4 Å². The zero-order chi connectivity index (χ0) is 15.4. The first kappa shape index (κ1) is 15.9. The van der Waals surface area contributed by atoms with E-state index in [9.17, 15) is 9.90 Å². The number of hydrogen-bond donors (Lipinski definition) is 3. The lowest BCUT2D eigenvalue weighted by atomic mass is 10.1. The van der Waals surface area contributed by atoms with Crippen molar-refractivity contribution in [2.24, 2.45) is 5.92 Å². The summed E-state index contributed by atoms with van der Waals surface area (Å²) in [5, 5.41) is 15.7. The number of aliphatic hydroxyl groups excluding tert-OH is 1. The van der Waals surface area contributed by atoms with E-state index in [1.165, 1.54) is 0 Å². The minimum absolute atomic E-state index is 0.106. The van der Waals surface area contributed by atoms with Crippen molar-refractivity contribution in [2.45, 2.75) is 32.9 Å². The first-order chi connectivity index (χ1) is 9.97. The van der Waals surface area contributed by atoms with Gasteiger partial charge in [0.05, 0.1) is 12.7 Å². The van der Waals surface area contributed by atoms with Crippen LogP contribution in [0.3, 0.4) is 0 Å². The van der Waals surface area contributed by atoms with Crippen LogP contribution in [0.1, 0.15) is 25.0 Å². The molecule has 1 unspecified atom stereocenters. The van der Waals surface area contributed by atoms with E-state index in [-0.39, 0.29) is 18.5 Å². The van der Waals surface area contributed by atoms with E-state index >= 15 is 0 Å². The number of urea groups is 1. The van der Waals surface area contributed by atoms with Crippen LogP contribution >= 0.6 is 11.6 Å². The minimum atomic E-state index is -0.547. The molecule has 3 N–H and O–H groups in total. The number of amides is 2. The molecule has 1 aromatic rings. The molecular formula is C15H21ClN2O3. The molecule has 0 aliphatic carbocycles. The van der Waals surface area contributed by atoms with Crippen LogP contribution < -0.4 is 15.4 Å². The van der Waals surface area contributed by atoms with E-state index in [1.807, 2.05) is 19.9 Å². The van der Waals surface area contributed by atoms with Gasteiger partial charge in [-0.3, -0.25) is 0 Å². The van der Waals surface area contributed by atoms with Crippen LogP contribution in [0.2, 0.25) is 5.02 Å². The molecule has 0 bridgehead atoms. The van der Waals surface area contributed by atoms with Crippen molar-refractivity contribution in [3.05, 3.63) is 28.3 Å². The number of halogens is 1. The predicted octanol–water partition coefficient (Wildman–Crippen LogP) is 2.09. The Morgan fingerprint density at radius 3 is 2.90 bits per heavy atom. The highest BCUT2D eigenvalue weighted by Crippen LogP contribution is 2.32. The molecule has 116 valence electrons. The van der Waals surface area contributed by atoms with Crippen molar-refractivity contribution >= 4 is 17.6 Å². The molecule has 0 radical (unpaired) electrons. The number of aliphatic hydroxyl groups is 1. The summed E-state index contributed by atoms with van der Waals surface area (Å²) in [6.45, 7) is 5.02. The number of nitrogens with one attached hydrogen (secondary N) is 2. The SMILES string of the molecule is CC(C)C(O)CNC(=O)NCc1cc(Cl)cc2c1OCC2. The highest BCUT2D eigenvalue weighted by atomic mass is 35.5. The van der Waals surface area contributed by atoms with Crippen molar-refractivity contribution in [1.29, 1.82) is 0 Å². The van der Waals surface area contributed by atoms with Crippen LogP contribution in [0, 0.1) is 5.92 Å². The highest BCUT2D eigenvalue weighted by Gasteiger charge is 2.18. The number of fused-ring (bicyclic) bond motifs is 1. The molecule has 2 amide bonds. The number of carbonyl (C=O) groups excluding carboxylic acids is 1. The number of carbonyl (C=O) groups is 1. The standard InChI is InChI=1S/C15H21ClN2O3/c1-9(2)13(19)8-18-15(20)17-7-11-6-12(16)5-10-3-4-21-14(10)11/h5-6,9,13,19H,3-4,7-8H2,1-2H3,(H2,17,18,20). The van der Waals surface area contributed by atoms with Gasteiger partial charge < -0.3 is 20.5 Å². The summed E-state index contributed by atoms with van der Waals surface area (Å²) >= 11 is 6.06. The van der Waals surface area contributed by atoms with Gasteiger partial charge in [-0.05, 0) is 23.6 Å². The van der Waals surface area contributed by atoms with Gasteiger partial charge >= 0.3 is 6.03 Å². The number of ether oxygens (including phenoxy) is 1. The molecule has 1 aliphatic heterocycles. The highest BCUT2D eigenvalue weighted by molar-refractivity contribution is 6.30. The molecule has 0 fully saturated rings. The Kier molecular flexibility index (Phi) is 5.31. The molecule has 2 rings (SSSR count). The Hall–Kier alpha value is -1.46. The van der Waals surface area contributed by atoms with Gasteiger partial charge in [0.25, 0.3) is 0 Å². The smallest absolute Gasteiger partial charge is 0.315 e. The monoisotopic (exact) mass is 312 g/mol. The van der Waals surface area contributed by atoms with Crippen LogP contribution in [0.4, 0.5) is 4.79 Å². The van der Waals surface area contributed by atoms with Gasteiger partial charge in [-0.25, -0.2) is 4.79 Å². The lowest BCUT2D eigenvalue weighted by molar-refractivity contribution is 0.125. The third kappa shape index (κ3) is 4.25. The molecule has 6 heteroatoms. The van der Waals surface area contributed by atoms with Gasteiger partial charge in [0.15, 0.2) is 0 Å². The Morgan fingerprint density at radius 2 is 2.19 bits per heavy atom. The van der Waals surface area contributed by atoms with Crippen molar-refractivity contribution in [3.63, 3.8) is 0 Å². The van der Waals surface area contributed by atoms with Crippen LogP contribution in [0.25, 0.3) is 0 Å². The fourth-order valence-corrected chi connectivity index (χ4v) is 2.41. The van der Waals surface area contributed by atoms with Crippen LogP contribution in [0.5, 0.6) is 5.75 Å². The summed E-state index contributed by atoms with van der Waals surface area (Å²) in [4.78, 5) is 11.7. The topological polar surface area (TPSA) is 70.6 Å². The van der Waals surface area contributed by atoms with Gasteiger partial charge in [0, 0.05) is 30.1 Å². The second-order valence-corrected chi connectivity index (χ2v) is 5.96. The molecule has 1 aromatic carbocycles. The number of rotatable bonds is 5. The molecule has 1 atom stereocenters. The molecule has 5 nitrogen and oxygen atoms in total. The third-order valence-corrected chi connectivity index (χ3v) is 3.72. The summed E-state index contributed by atoms with van der Waals surface area (Å²) < 4.78 is 5.58. The second-order valence-electron chi connectivity index (χ2n) is 5.53. The molecule has 1 heterocycles. The van der Waals surface area contributed by atoms with Gasteiger partial charge in [0.2, 0.25) is 0 Å². The van der Waals surface area contributed by atoms with Gasteiger partial charge in [-0.2, -0.15) is 0 Å². The zero-order valence-electron chi connectivity index (χ0n) is 12.3. The average Bonchev–Trinajstić information content (AvgIpc) is 2.89. The summed E-state index contributed by atoms with van der Waals surface area (Å²) in [5.41, 5.74) is 1.95. The van der Waals surface area contributed by atoms with Crippen LogP contribution in [0.15, 0.2) is 12.1 Å². The second kappa shape index (κ2) is 7.00. The average molecular weight is 313 g/mol. The quantitative estimate of drug-likeness (QED) is 0.779. The Balaban J connectivity index is 1.87. The summed E-state index contributed by atoms with van der Waals surface area (Å²) in [6.07, 6.45) is 0.296. The maximum atomic E-state index is 11.7. The molecule has 0 aromatic heterocycles. The van der Waals surface area contributed by atoms with Crippen molar-refractivity contribution in [3.8, 4) is 5.75 Å². The molecule has 0 saturated heterocycles. The normalized spacial score (nSPS) is 14.5. The first-order valence-corrected chi connectivity index (χ1v) is 7.49. The predicted molar refractivity (Wildman–Crippen MR) is 81.7 cm³/mol. The van der Waals surface area contributed by atoms with E-state index in [0.717, 1.165) is 23.3 Å². The van der Waals surface area contributed by atoms with E-state index < -0.39 is 6.10 Å². The fourth-order valence-electron chi connectivity index (χ4n) is 2.15. The van der Waals surface area contributed by atoms with E-state index in [4.69, 9.17) is 16.3 Å². The summed E-state index contributed by atoms with van der Waals surface area (Å²) in [6, 6.07) is 3.38. The van der Waals surface area contributed by atoms with Gasteiger partial charge in [-0.1, -0.05) is 25.4 Å². The molecule has 21 heavy (non-hydrogen) atoms. The Bertz CT molecular complexity index is 520. The molecule has 1 aliphatic rings. The summed E-state index contributed by atoms with van der Waals surface area (Å²) in [5.74, 6) is 0.928. The number of benzene rings is 1. The fraction of sp³-hybridized carbons (Fsp3) is 0.533. The van der Waals surface area contributed by atoms with E-state index in [2.05, 4.69) is 10.6 Å². The van der Waals surface area contributed by atoms with Gasteiger partial charge in [-0.15, -0.1) is 0 Å². The number of hydrogen-bond acceptors (Lipinski definition) is 3.